The van der Waals surface area contributed by atoms with Crippen LogP contribution >= 0.6 is 22.9 Å². The van der Waals surface area contributed by atoms with Gasteiger partial charge in [0.15, 0.2) is 17.0 Å². The largest absolute Gasteiger partial charge is 0.490 e. The molecule has 1 aliphatic heterocycles. The quantitative estimate of drug-likeness (QED) is 0.229. The molecule has 0 amide bonds. The Labute approximate surface area is 233 Å². The average molecular weight is 594 g/mol. The van der Waals surface area contributed by atoms with Gasteiger partial charge in [0.05, 0.1) is 23.3 Å². The number of thiophene rings is 1. The Hall–Kier alpha value is -3.95. The van der Waals surface area contributed by atoms with E-state index in [4.69, 9.17) is 37.2 Å². The van der Waals surface area contributed by atoms with E-state index < -0.39 is 12.1 Å². The highest BCUT2D eigenvalue weighted by Gasteiger charge is 2.38. The first kappa shape index (κ1) is 27.6. The normalized spacial score (nSPS) is 14.4. The molecule has 210 valence electrons. The van der Waals surface area contributed by atoms with Crippen molar-refractivity contribution in [1.82, 2.24) is 29.5 Å². The Balaban J connectivity index is 0.000000411. The van der Waals surface area contributed by atoms with Crippen molar-refractivity contribution < 1.29 is 23.1 Å². The van der Waals surface area contributed by atoms with Crippen LogP contribution in [0.1, 0.15) is 18.7 Å². The van der Waals surface area contributed by atoms with Gasteiger partial charge in [-0.2, -0.15) is 34.5 Å². The number of anilines is 2. The molecule has 0 unspecified atom stereocenters. The molecule has 0 spiro atoms. The van der Waals surface area contributed by atoms with E-state index in [-0.39, 0.29) is 6.04 Å². The Morgan fingerprint density at radius 3 is 2.65 bits per heavy atom. The Kier molecular flexibility index (Phi) is 7.78. The van der Waals surface area contributed by atoms with E-state index in [1.165, 1.54) is 0 Å². The molecule has 6 rings (SSSR count). The van der Waals surface area contributed by atoms with Gasteiger partial charge in [-0.25, -0.2) is 14.8 Å². The van der Waals surface area contributed by atoms with Crippen molar-refractivity contribution in [2.24, 2.45) is 5.73 Å². The SMILES string of the molecule is NC1CCN(c2nc(NCc3nc4ccc(Cl)cc4[nH]3)c3ncn(-c4ccsc4)c3n2)CC1.O=C(O)C(F)(F)F. The van der Waals surface area contributed by atoms with Crippen LogP contribution in [0.25, 0.3) is 27.9 Å². The average Bonchev–Trinajstić information content (AvgIpc) is 3.66. The van der Waals surface area contributed by atoms with Gasteiger partial charge in [0.1, 0.15) is 12.2 Å². The molecule has 0 saturated carbocycles. The van der Waals surface area contributed by atoms with Gasteiger partial charge in [-0.3, -0.25) is 4.57 Å². The highest BCUT2D eigenvalue weighted by atomic mass is 35.5. The number of imidazole rings is 2. The lowest BCUT2D eigenvalue weighted by atomic mass is 10.1. The molecule has 5 heterocycles. The van der Waals surface area contributed by atoms with Gasteiger partial charge in [-0.15, -0.1) is 0 Å². The summed E-state index contributed by atoms with van der Waals surface area (Å²) in [6.45, 7) is 2.14. The smallest absolute Gasteiger partial charge is 0.475 e. The van der Waals surface area contributed by atoms with Crippen molar-refractivity contribution in [1.29, 1.82) is 0 Å². The van der Waals surface area contributed by atoms with Crippen molar-refractivity contribution >= 4 is 62.9 Å². The minimum absolute atomic E-state index is 0.237. The monoisotopic (exact) mass is 593 g/mol. The standard InChI is InChI=1S/C22H22ClN9S.C2HF3O2/c23-13-1-2-16-17(9-13)28-18(27-16)10-25-20-19-21(32(12-26-19)15-5-8-33-11-15)30-22(29-20)31-6-3-14(24)4-7-31;3-2(4,5)1(6)7/h1-2,5,8-9,11-12,14H,3-4,6-7,10,24H2,(H,27,28)(H,25,29,30);(H,6,7). The fourth-order valence-corrected chi connectivity index (χ4v) is 4.92. The molecule has 0 atom stereocenters. The summed E-state index contributed by atoms with van der Waals surface area (Å²) in [6.07, 6.45) is -1.43. The second kappa shape index (κ2) is 11.3. The second-order valence-electron chi connectivity index (χ2n) is 8.97. The predicted octanol–water partition coefficient (Wildman–Crippen LogP) is 4.58. The number of benzene rings is 1. The van der Waals surface area contributed by atoms with Crippen LogP contribution in [0.5, 0.6) is 0 Å². The third-order valence-electron chi connectivity index (χ3n) is 6.15. The van der Waals surface area contributed by atoms with Gasteiger partial charge < -0.3 is 26.0 Å². The highest BCUT2D eigenvalue weighted by Crippen LogP contribution is 2.27. The van der Waals surface area contributed by atoms with E-state index >= 15 is 0 Å². The lowest BCUT2D eigenvalue weighted by Crippen LogP contribution is -2.40. The van der Waals surface area contributed by atoms with Crippen LogP contribution in [0.4, 0.5) is 24.9 Å². The third kappa shape index (κ3) is 6.11. The highest BCUT2D eigenvalue weighted by molar-refractivity contribution is 7.08. The second-order valence-corrected chi connectivity index (χ2v) is 10.2. The van der Waals surface area contributed by atoms with Gasteiger partial charge in [0.2, 0.25) is 5.95 Å². The van der Waals surface area contributed by atoms with Gasteiger partial charge in [0.25, 0.3) is 0 Å². The minimum Gasteiger partial charge on any atom is -0.475 e. The molecule has 0 aliphatic carbocycles. The van der Waals surface area contributed by atoms with Crippen molar-refractivity contribution in [2.75, 3.05) is 23.3 Å². The number of nitrogens with one attached hydrogen (secondary N) is 2. The molecule has 1 aliphatic rings. The summed E-state index contributed by atoms with van der Waals surface area (Å²) >= 11 is 7.75. The number of hydrogen-bond acceptors (Lipinski definition) is 9. The van der Waals surface area contributed by atoms with Gasteiger partial charge >= 0.3 is 12.1 Å². The van der Waals surface area contributed by atoms with E-state index in [9.17, 15) is 13.2 Å². The van der Waals surface area contributed by atoms with Crippen LogP contribution in [0.2, 0.25) is 5.02 Å². The number of alkyl halides is 3. The fourth-order valence-electron chi connectivity index (χ4n) is 4.12. The first-order valence-corrected chi connectivity index (χ1v) is 13.4. The molecule has 1 aromatic carbocycles. The molecule has 40 heavy (non-hydrogen) atoms. The van der Waals surface area contributed by atoms with Crippen molar-refractivity contribution in [2.45, 2.75) is 31.6 Å². The molecule has 11 nitrogen and oxygen atoms in total. The van der Waals surface area contributed by atoms with E-state index in [0.29, 0.717) is 23.3 Å². The summed E-state index contributed by atoms with van der Waals surface area (Å²) in [6, 6.07) is 7.91. The van der Waals surface area contributed by atoms with E-state index in [1.54, 1.807) is 17.7 Å². The molecule has 0 radical (unpaired) electrons. The number of piperidine rings is 1. The van der Waals surface area contributed by atoms with Crippen molar-refractivity contribution in [3.05, 3.63) is 52.2 Å². The lowest BCUT2D eigenvalue weighted by Gasteiger charge is -2.30. The van der Waals surface area contributed by atoms with Gasteiger partial charge in [0, 0.05) is 29.5 Å². The number of carboxylic acid groups (broad SMARTS) is 1. The number of carboxylic acids is 1. The van der Waals surface area contributed by atoms with Crippen molar-refractivity contribution in [3.8, 4) is 5.69 Å². The Morgan fingerprint density at radius 2 is 1.98 bits per heavy atom. The maximum Gasteiger partial charge on any atom is 0.490 e. The first-order valence-electron chi connectivity index (χ1n) is 12.0. The minimum atomic E-state index is -5.08. The molecule has 1 fully saturated rings. The van der Waals surface area contributed by atoms with Crippen molar-refractivity contribution in [3.63, 3.8) is 0 Å². The van der Waals surface area contributed by atoms with Crippen LogP contribution < -0.4 is 16.0 Å². The number of H-pyrrole nitrogens is 1. The van der Waals surface area contributed by atoms with Gasteiger partial charge in [-0.1, -0.05) is 11.6 Å². The fraction of sp³-hybridized carbons (Fsp3) is 0.292. The molecule has 1 saturated heterocycles. The summed E-state index contributed by atoms with van der Waals surface area (Å²) in [5.41, 5.74) is 10.4. The zero-order valence-electron chi connectivity index (χ0n) is 20.7. The Morgan fingerprint density at radius 1 is 1.23 bits per heavy atom. The summed E-state index contributed by atoms with van der Waals surface area (Å²) < 4.78 is 33.7. The zero-order chi connectivity index (χ0) is 28.4. The molecule has 16 heteroatoms. The van der Waals surface area contributed by atoms with Crippen LogP contribution in [-0.4, -0.2) is 65.9 Å². The van der Waals surface area contributed by atoms with E-state index in [0.717, 1.165) is 59.6 Å². The summed E-state index contributed by atoms with van der Waals surface area (Å²) in [4.78, 5) is 33.4. The summed E-state index contributed by atoms with van der Waals surface area (Å²) in [5, 5.41) is 15.3. The third-order valence-corrected chi connectivity index (χ3v) is 7.06. The molecule has 0 bridgehead atoms. The van der Waals surface area contributed by atoms with Crippen LogP contribution in [0, 0.1) is 0 Å². The van der Waals surface area contributed by atoms with Crippen LogP contribution in [0.3, 0.4) is 0 Å². The summed E-state index contributed by atoms with van der Waals surface area (Å²) in [7, 11) is 0. The first-order chi connectivity index (χ1) is 19.1. The number of aliphatic carboxylic acids is 1. The number of aromatic amines is 1. The maximum absolute atomic E-state index is 10.6. The molecule has 5 N–H and O–H groups in total. The molecule has 4 aromatic heterocycles. The number of halogens is 4. The van der Waals surface area contributed by atoms with Crippen LogP contribution in [-0.2, 0) is 11.3 Å². The number of nitrogens with zero attached hydrogens (tertiary/aromatic N) is 6. The lowest BCUT2D eigenvalue weighted by molar-refractivity contribution is -0.192. The number of carbonyl (C=O) groups is 1. The zero-order valence-corrected chi connectivity index (χ0v) is 22.3. The molecular formula is C24H23ClF3N9O2S. The van der Waals surface area contributed by atoms with Crippen LogP contribution in [0.15, 0.2) is 41.4 Å². The Bertz CT molecular complexity index is 1630. The number of fused-ring (bicyclic) bond motifs is 2. The summed E-state index contributed by atoms with van der Waals surface area (Å²) in [5.74, 6) is -0.600. The number of rotatable bonds is 5. The number of hydrogen-bond donors (Lipinski definition) is 4. The maximum atomic E-state index is 10.6. The number of nitrogens with two attached hydrogens (primary N) is 1. The predicted molar refractivity (Wildman–Crippen MR) is 146 cm³/mol. The topological polar surface area (TPSA) is 151 Å². The van der Waals surface area contributed by atoms with Gasteiger partial charge in [-0.05, 0) is 42.5 Å². The molecular weight excluding hydrogens is 571 g/mol. The molecule has 5 aromatic rings. The number of aromatic nitrogens is 6. The van der Waals surface area contributed by atoms with E-state index in [2.05, 4.69) is 36.6 Å². The van der Waals surface area contributed by atoms with E-state index in [1.807, 2.05) is 28.1 Å².